The number of anilines is 1. The average molecular weight is 416 g/mol. The molecule has 0 fully saturated rings. The van der Waals surface area contributed by atoms with Gasteiger partial charge in [0.2, 0.25) is 0 Å². The summed E-state index contributed by atoms with van der Waals surface area (Å²) < 4.78 is 4.85. The van der Waals surface area contributed by atoms with Crippen LogP contribution in [0.4, 0.5) is 5.13 Å². The first-order valence-corrected chi connectivity index (χ1v) is 10.4. The van der Waals surface area contributed by atoms with Crippen LogP contribution in [0.25, 0.3) is 0 Å². The maximum absolute atomic E-state index is 12.8. The Kier molecular flexibility index (Phi) is 6.21. The Balaban J connectivity index is 1.88. The molecule has 1 aromatic carbocycles. The molecule has 2 heterocycles. The minimum atomic E-state index is -0.518. The zero-order chi connectivity index (χ0) is 20.3. The second-order valence-electron chi connectivity index (χ2n) is 6.50. The van der Waals surface area contributed by atoms with Crippen molar-refractivity contribution in [1.82, 2.24) is 9.97 Å². The number of nitrogens with one attached hydrogen (secondary N) is 1. The van der Waals surface area contributed by atoms with Crippen LogP contribution in [0, 0.1) is 6.92 Å². The van der Waals surface area contributed by atoms with Crippen molar-refractivity contribution < 1.29 is 14.3 Å². The maximum Gasteiger partial charge on any atom is 0.357 e. The molecule has 0 aliphatic heterocycles. The van der Waals surface area contributed by atoms with Gasteiger partial charge < -0.3 is 4.74 Å². The van der Waals surface area contributed by atoms with Gasteiger partial charge in [-0.2, -0.15) is 0 Å². The lowest BCUT2D eigenvalue weighted by atomic mass is 10.1. The summed E-state index contributed by atoms with van der Waals surface area (Å²) in [5, 5.41) is 4.00. The van der Waals surface area contributed by atoms with Gasteiger partial charge in [-0.1, -0.05) is 44.2 Å². The highest BCUT2D eigenvalue weighted by atomic mass is 32.1. The smallest absolute Gasteiger partial charge is 0.357 e. The van der Waals surface area contributed by atoms with E-state index in [4.69, 9.17) is 4.74 Å². The standard InChI is InChI=1S/C20H21N3O3S2/c1-11(2)17-16(21-12(3)27-17)18(24)23-20-22-15(19(25)26-4)14(28-20)10-13-8-6-5-7-9-13/h5-9,11H,10H2,1-4H3,(H,22,23,24). The lowest BCUT2D eigenvalue weighted by Gasteiger charge is -2.04. The summed E-state index contributed by atoms with van der Waals surface area (Å²) in [7, 11) is 1.32. The predicted molar refractivity (Wildman–Crippen MR) is 112 cm³/mol. The summed E-state index contributed by atoms with van der Waals surface area (Å²) in [6, 6.07) is 9.77. The predicted octanol–water partition coefficient (Wildman–Crippen LogP) is 4.66. The first-order chi connectivity index (χ1) is 13.4. The van der Waals surface area contributed by atoms with Crippen LogP contribution in [0.1, 0.15) is 61.1 Å². The Morgan fingerprint density at radius 2 is 1.82 bits per heavy atom. The molecule has 146 valence electrons. The molecule has 0 aliphatic carbocycles. The Morgan fingerprint density at radius 3 is 2.46 bits per heavy atom. The fourth-order valence-corrected chi connectivity index (χ4v) is 4.62. The minimum Gasteiger partial charge on any atom is -0.464 e. The molecular formula is C20H21N3O3S2. The number of thiazole rings is 2. The zero-order valence-electron chi connectivity index (χ0n) is 16.1. The van der Waals surface area contributed by atoms with Crippen molar-refractivity contribution in [3.63, 3.8) is 0 Å². The highest BCUT2D eigenvalue weighted by molar-refractivity contribution is 7.16. The largest absolute Gasteiger partial charge is 0.464 e. The third-order valence-electron chi connectivity index (χ3n) is 4.00. The SMILES string of the molecule is COC(=O)c1nc(NC(=O)c2nc(C)sc2C(C)C)sc1Cc1ccccc1. The van der Waals surface area contributed by atoms with Crippen LogP contribution >= 0.6 is 22.7 Å². The number of rotatable bonds is 6. The number of carbonyl (C=O) groups is 2. The molecule has 3 rings (SSSR count). The molecule has 1 N–H and O–H groups in total. The molecule has 8 heteroatoms. The Morgan fingerprint density at radius 1 is 1.11 bits per heavy atom. The zero-order valence-corrected chi connectivity index (χ0v) is 17.7. The molecule has 0 unspecified atom stereocenters. The first-order valence-electron chi connectivity index (χ1n) is 8.79. The summed E-state index contributed by atoms with van der Waals surface area (Å²) in [6.45, 7) is 5.94. The fourth-order valence-electron chi connectivity index (χ4n) is 2.72. The van der Waals surface area contributed by atoms with E-state index >= 15 is 0 Å². The van der Waals surface area contributed by atoms with Crippen molar-refractivity contribution in [1.29, 1.82) is 0 Å². The number of aryl methyl sites for hydroxylation is 1. The quantitative estimate of drug-likeness (QED) is 0.592. The van der Waals surface area contributed by atoms with Gasteiger partial charge in [0.05, 0.1) is 12.1 Å². The Hall–Kier alpha value is -2.58. The van der Waals surface area contributed by atoms with Gasteiger partial charge >= 0.3 is 5.97 Å². The van der Waals surface area contributed by atoms with Crippen molar-refractivity contribution in [3.8, 4) is 0 Å². The van der Waals surface area contributed by atoms with Gasteiger partial charge in [0, 0.05) is 16.2 Å². The Labute approximate surface area is 171 Å². The van der Waals surface area contributed by atoms with Crippen LogP contribution in [0.15, 0.2) is 30.3 Å². The molecule has 1 amide bonds. The monoisotopic (exact) mass is 415 g/mol. The molecule has 0 aliphatic rings. The second kappa shape index (κ2) is 8.62. The normalized spacial score (nSPS) is 10.9. The van der Waals surface area contributed by atoms with Crippen LogP contribution in [0.3, 0.4) is 0 Å². The number of esters is 1. The Bertz CT molecular complexity index is 994. The summed E-state index contributed by atoms with van der Waals surface area (Å²) in [5.74, 6) is -0.637. The lowest BCUT2D eigenvalue weighted by Crippen LogP contribution is -2.15. The van der Waals surface area contributed by atoms with Crippen molar-refractivity contribution in [3.05, 3.63) is 62.0 Å². The van der Waals surface area contributed by atoms with E-state index in [1.807, 2.05) is 51.1 Å². The average Bonchev–Trinajstić information content (AvgIpc) is 3.25. The minimum absolute atomic E-state index is 0.197. The molecular weight excluding hydrogens is 394 g/mol. The van der Waals surface area contributed by atoms with Crippen LogP contribution in [0.5, 0.6) is 0 Å². The van der Waals surface area contributed by atoms with E-state index in [2.05, 4.69) is 15.3 Å². The fraction of sp³-hybridized carbons (Fsp3) is 0.300. The molecule has 0 radical (unpaired) electrons. The van der Waals surface area contributed by atoms with E-state index in [0.29, 0.717) is 17.2 Å². The van der Waals surface area contributed by atoms with Crippen molar-refractivity contribution in [2.45, 2.75) is 33.1 Å². The van der Waals surface area contributed by atoms with Crippen LogP contribution in [0.2, 0.25) is 0 Å². The van der Waals surface area contributed by atoms with E-state index < -0.39 is 5.97 Å². The maximum atomic E-state index is 12.8. The number of hydrogen-bond acceptors (Lipinski definition) is 7. The van der Waals surface area contributed by atoms with Crippen molar-refractivity contribution >= 4 is 39.7 Å². The van der Waals surface area contributed by atoms with Gasteiger partial charge in [-0.15, -0.1) is 22.7 Å². The van der Waals surface area contributed by atoms with Gasteiger partial charge in [0.25, 0.3) is 5.91 Å². The van der Waals surface area contributed by atoms with E-state index in [9.17, 15) is 9.59 Å². The lowest BCUT2D eigenvalue weighted by molar-refractivity contribution is 0.0593. The third-order valence-corrected chi connectivity index (χ3v) is 6.25. The topological polar surface area (TPSA) is 81.2 Å². The van der Waals surface area contributed by atoms with E-state index in [0.717, 1.165) is 20.3 Å². The summed E-state index contributed by atoms with van der Waals surface area (Å²) >= 11 is 2.79. The number of methoxy groups -OCH3 is 1. The van der Waals surface area contributed by atoms with Crippen molar-refractivity contribution in [2.75, 3.05) is 12.4 Å². The van der Waals surface area contributed by atoms with Gasteiger partial charge in [-0.05, 0) is 18.4 Å². The van der Waals surface area contributed by atoms with Crippen LogP contribution in [-0.2, 0) is 11.2 Å². The molecule has 0 atom stereocenters. The molecule has 2 aromatic heterocycles. The number of nitrogens with zero attached hydrogens (tertiary/aromatic N) is 2. The number of hydrogen-bond donors (Lipinski definition) is 1. The number of carbonyl (C=O) groups excluding carboxylic acids is 2. The summed E-state index contributed by atoms with van der Waals surface area (Å²) in [4.78, 5) is 35.2. The highest BCUT2D eigenvalue weighted by Gasteiger charge is 2.23. The molecule has 3 aromatic rings. The van der Waals surface area contributed by atoms with Crippen LogP contribution < -0.4 is 5.32 Å². The molecule has 0 saturated carbocycles. The molecule has 0 bridgehead atoms. The number of amides is 1. The third kappa shape index (κ3) is 4.45. The number of benzene rings is 1. The van der Waals surface area contributed by atoms with Crippen LogP contribution in [-0.4, -0.2) is 29.0 Å². The molecule has 28 heavy (non-hydrogen) atoms. The van der Waals surface area contributed by atoms with E-state index in [1.165, 1.54) is 29.8 Å². The first kappa shape index (κ1) is 20.2. The second-order valence-corrected chi connectivity index (χ2v) is 8.82. The number of aromatic nitrogens is 2. The van der Waals surface area contributed by atoms with E-state index in [1.54, 1.807) is 0 Å². The summed E-state index contributed by atoms with van der Waals surface area (Å²) in [6.07, 6.45) is 0.534. The highest BCUT2D eigenvalue weighted by Crippen LogP contribution is 2.29. The van der Waals surface area contributed by atoms with Gasteiger partial charge in [-0.3, -0.25) is 10.1 Å². The van der Waals surface area contributed by atoms with Gasteiger partial charge in [0.15, 0.2) is 10.8 Å². The van der Waals surface area contributed by atoms with Crippen molar-refractivity contribution in [2.24, 2.45) is 0 Å². The van der Waals surface area contributed by atoms with E-state index in [-0.39, 0.29) is 17.5 Å². The molecule has 6 nitrogen and oxygen atoms in total. The number of ether oxygens (including phenoxy) is 1. The van der Waals surface area contributed by atoms with Gasteiger partial charge in [-0.25, -0.2) is 14.8 Å². The molecule has 0 saturated heterocycles. The summed E-state index contributed by atoms with van der Waals surface area (Å²) in [5.41, 5.74) is 1.69. The molecule has 0 spiro atoms. The van der Waals surface area contributed by atoms with Gasteiger partial charge in [0.1, 0.15) is 5.69 Å².